The second-order valence-electron chi connectivity index (χ2n) is 10.7. The van der Waals surface area contributed by atoms with E-state index >= 15 is 4.39 Å². The molecule has 2 fully saturated rings. The molecule has 196 valence electrons. The maximum absolute atomic E-state index is 15.1. The van der Waals surface area contributed by atoms with E-state index in [2.05, 4.69) is 5.43 Å². The Morgan fingerprint density at radius 1 is 1.16 bits per heavy atom. The summed E-state index contributed by atoms with van der Waals surface area (Å²) >= 11 is 1.42. The zero-order chi connectivity index (χ0) is 26.3. The van der Waals surface area contributed by atoms with E-state index in [1.807, 2.05) is 24.3 Å². The number of amides is 1. The van der Waals surface area contributed by atoms with Crippen LogP contribution < -0.4 is 10.9 Å². The molecule has 1 saturated carbocycles. The van der Waals surface area contributed by atoms with Gasteiger partial charge in [0, 0.05) is 34.4 Å². The van der Waals surface area contributed by atoms with Gasteiger partial charge in [0.15, 0.2) is 23.1 Å². The first-order chi connectivity index (χ1) is 18.3. The average Bonchev–Trinajstić information content (AvgIpc) is 3.64. The quantitative estimate of drug-likeness (QED) is 0.490. The van der Waals surface area contributed by atoms with Crippen molar-refractivity contribution in [2.24, 2.45) is 11.3 Å². The summed E-state index contributed by atoms with van der Waals surface area (Å²) in [5.41, 5.74) is 4.11. The maximum atomic E-state index is 15.1. The molecule has 1 aliphatic carbocycles. The van der Waals surface area contributed by atoms with Crippen molar-refractivity contribution < 1.29 is 23.1 Å². The van der Waals surface area contributed by atoms with Gasteiger partial charge in [0.2, 0.25) is 5.43 Å². The van der Waals surface area contributed by atoms with Crippen LogP contribution in [0, 0.1) is 23.0 Å². The lowest BCUT2D eigenvalue weighted by atomic mass is 9.89. The second kappa shape index (κ2) is 8.30. The van der Waals surface area contributed by atoms with Crippen molar-refractivity contribution in [2.75, 3.05) is 18.6 Å². The minimum absolute atomic E-state index is 0.0845. The van der Waals surface area contributed by atoms with Crippen molar-refractivity contribution in [3.63, 3.8) is 0 Å². The molecule has 6 nitrogen and oxygen atoms in total. The number of hydrogen-bond acceptors (Lipinski definition) is 5. The van der Waals surface area contributed by atoms with Crippen molar-refractivity contribution >= 4 is 17.7 Å². The van der Waals surface area contributed by atoms with Gasteiger partial charge < -0.3 is 15.4 Å². The van der Waals surface area contributed by atoms with Crippen LogP contribution in [0.15, 0.2) is 46.1 Å². The topological polar surface area (TPSA) is 74.6 Å². The summed E-state index contributed by atoms with van der Waals surface area (Å²) in [5, 5.41) is 10.7. The molecule has 0 radical (unpaired) electrons. The van der Waals surface area contributed by atoms with E-state index in [0.29, 0.717) is 31.4 Å². The van der Waals surface area contributed by atoms with E-state index in [0.717, 1.165) is 29.0 Å². The number of piperidine rings is 1. The number of fused-ring (bicyclic) bond motifs is 4. The monoisotopic (exact) mass is 539 g/mol. The molecular weight excluding hydrogens is 515 g/mol. The van der Waals surface area contributed by atoms with Crippen LogP contribution in [0.5, 0.6) is 5.75 Å². The lowest BCUT2D eigenvalue weighted by Gasteiger charge is -2.45. The minimum Gasteiger partial charge on any atom is -0.502 e. The van der Waals surface area contributed by atoms with Crippen LogP contribution in [0.3, 0.4) is 0 Å². The third-order valence-corrected chi connectivity index (χ3v) is 9.82. The van der Waals surface area contributed by atoms with Gasteiger partial charge in [0.1, 0.15) is 6.17 Å². The zero-order valence-electron chi connectivity index (χ0n) is 20.3. The number of hydrogen-bond donors (Lipinski definition) is 2. The first-order valence-electron chi connectivity index (χ1n) is 12.6. The third kappa shape index (κ3) is 3.35. The fourth-order valence-corrected chi connectivity index (χ4v) is 7.55. The van der Waals surface area contributed by atoms with Crippen LogP contribution >= 0.6 is 11.8 Å². The van der Waals surface area contributed by atoms with Crippen LogP contribution in [-0.4, -0.2) is 40.0 Å². The van der Waals surface area contributed by atoms with E-state index in [-0.39, 0.29) is 39.6 Å². The highest BCUT2D eigenvalue weighted by Crippen LogP contribution is 2.59. The number of aromatic hydroxyl groups is 1. The predicted molar refractivity (Wildman–Crippen MR) is 136 cm³/mol. The highest BCUT2D eigenvalue weighted by molar-refractivity contribution is 7.98. The van der Waals surface area contributed by atoms with Crippen molar-refractivity contribution in [3.8, 4) is 17.0 Å². The molecule has 4 heterocycles. The van der Waals surface area contributed by atoms with Gasteiger partial charge in [-0.3, -0.25) is 14.0 Å². The smallest absolute Gasteiger partial charge is 0.278 e. The molecule has 2 aromatic carbocycles. The molecule has 1 saturated heterocycles. The molecule has 2 unspecified atom stereocenters. The summed E-state index contributed by atoms with van der Waals surface area (Å²) in [4.78, 5) is 29.1. The van der Waals surface area contributed by atoms with Crippen molar-refractivity contribution in [3.05, 3.63) is 80.6 Å². The van der Waals surface area contributed by atoms with Gasteiger partial charge in [-0.25, -0.2) is 13.5 Å². The number of thioether (sulfide) groups is 1. The summed E-state index contributed by atoms with van der Waals surface area (Å²) in [6.45, 7) is -0.0985. The number of aromatic nitrogens is 1. The number of benzene rings is 2. The molecule has 1 amide bonds. The van der Waals surface area contributed by atoms with E-state index in [1.165, 1.54) is 16.4 Å². The van der Waals surface area contributed by atoms with Crippen molar-refractivity contribution in [1.82, 2.24) is 9.58 Å². The van der Waals surface area contributed by atoms with Crippen LogP contribution in [0.25, 0.3) is 11.3 Å². The van der Waals surface area contributed by atoms with Gasteiger partial charge in [-0.15, -0.1) is 11.8 Å². The SMILES string of the molecule is O=C1c2c(O)c(=O)cc(-c3cc(F)c(F)c4c3Cc3ccccc3SC4)n2N[C@@H]2CCC3(CC3CF)CN12. The van der Waals surface area contributed by atoms with Gasteiger partial charge in [-0.2, -0.15) is 0 Å². The molecule has 1 aromatic heterocycles. The van der Waals surface area contributed by atoms with E-state index < -0.39 is 41.6 Å². The number of carbonyl (C=O) groups is 1. The summed E-state index contributed by atoms with van der Waals surface area (Å²) in [6, 6.07) is 9.87. The van der Waals surface area contributed by atoms with Crippen molar-refractivity contribution in [2.45, 2.75) is 42.5 Å². The molecule has 3 aromatic rings. The summed E-state index contributed by atoms with van der Waals surface area (Å²) in [7, 11) is 0. The Morgan fingerprint density at radius 2 is 1.97 bits per heavy atom. The molecule has 10 heteroatoms. The molecule has 3 aliphatic heterocycles. The molecule has 0 bridgehead atoms. The van der Waals surface area contributed by atoms with Gasteiger partial charge in [-0.1, -0.05) is 18.2 Å². The summed E-state index contributed by atoms with van der Waals surface area (Å²) < 4.78 is 44.8. The van der Waals surface area contributed by atoms with E-state index in [9.17, 15) is 23.5 Å². The Morgan fingerprint density at radius 3 is 2.76 bits per heavy atom. The average molecular weight is 540 g/mol. The van der Waals surface area contributed by atoms with Gasteiger partial charge >= 0.3 is 0 Å². The van der Waals surface area contributed by atoms with Crippen LogP contribution in [0.2, 0.25) is 0 Å². The lowest BCUT2D eigenvalue weighted by molar-refractivity contribution is 0.0433. The first-order valence-corrected chi connectivity index (χ1v) is 13.6. The van der Waals surface area contributed by atoms with Gasteiger partial charge in [-0.05, 0) is 60.3 Å². The molecule has 2 N–H and O–H groups in total. The Kier molecular flexibility index (Phi) is 5.17. The highest BCUT2D eigenvalue weighted by atomic mass is 32.2. The number of pyridine rings is 1. The minimum atomic E-state index is -1.05. The van der Waals surface area contributed by atoms with Crippen molar-refractivity contribution in [1.29, 1.82) is 0 Å². The molecule has 7 rings (SSSR count). The number of carbonyl (C=O) groups excluding carboxylic acids is 1. The van der Waals surface area contributed by atoms with Gasteiger partial charge in [0.25, 0.3) is 5.91 Å². The standard InChI is InChI=1S/C28H24F3N3O3S/c29-11-15-10-28(15)6-5-23-32-34-20(9-21(35)26(36)25(34)27(37)33(23)13-28)17-8-19(30)24(31)18-12-38-22-4-2-1-3-14(22)7-16(17)18/h1-4,8-9,15,23,32,36H,5-7,10-13H2/t15?,23-,28?/m0/s1. The number of alkyl halides is 1. The molecular formula is C28H24F3N3O3S. The van der Waals surface area contributed by atoms with Gasteiger partial charge in [0.05, 0.1) is 12.4 Å². The number of nitrogens with zero attached hydrogens (tertiary/aromatic N) is 2. The zero-order valence-corrected chi connectivity index (χ0v) is 21.1. The molecule has 1 spiro atoms. The molecule has 4 aliphatic rings. The largest absolute Gasteiger partial charge is 0.502 e. The van der Waals surface area contributed by atoms with E-state index in [1.54, 1.807) is 4.90 Å². The summed E-state index contributed by atoms with van der Waals surface area (Å²) in [6.07, 6.45) is 1.88. The maximum Gasteiger partial charge on any atom is 0.278 e. The predicted octanol–water partition coefficient (Wildman–Crippen LogP) is 4.79. The number of nitrogens with one attached hydrogen (secondary N) is 1. The van der Waals surface area contributed by atoms with Crippen LogP contribution in [0.4, 0.5) is 13.2 Å². The molecule has 38 heavy (non-hydrogen) atoms. The Balaban J connectivity index is 1.40. The third-order valence-electron chi connectivity index (χ3n) is 8.68. The van der Waals surface area contributed by atoms with Crippen LogP contribution in [0.1, 0.15) is 46.4 Å². The van der Waals surface area contributed by atoms with E-state index in [4.69, 9.17) is 0 Å². The normalized spacial score (nSPS) is 25.1. The Bertz CT molecular complexity index is 1590. The Labute approximate surface area is 220 Å². The second-order valence-corrected chi connectivity index (χ2v) is 11.7. The fourth-order valence-electron chi connectivity index (χ4n) is 6.45. The highest BCUT2D eigenvalue weighted by Gasteiger charge is 2.58. The Hall–Kier alpha value is -3.40. The molecule has 3 atom stereocenters. The lowest BCUT2D eigenvalue weighted by Crippen LogP contribution is -2.58. The number of halogens is 3. The fraction of sp³-hybridized carbons (Fsp3) is 0.357. The van der Waals surface area contributed by atoms with Crippen LogP contribution in [-0.2, 0) is 12.2 Å². The number of rotatable bonds is 2. The summed E-state index contributed by atoms with van der Waals surface area (Å²) in [5.74, 6) is -3.10. The first kappa shape index (κ1) is 23.7.